The Hall–Kier alpha value is -1.78. The fourth-order valence-corrected chi connectivity index (χ4v) is 4.27. The van der Waals surface area contributed by atoms with E-state index in [0.717, 1.165) is 27.8 Å². The van der Waals surface area contributed by atoms with Crippen LogP contribution in [0.5, 0.6) is 5.75 Å². The number of rotatable bonds is 2. The molecule has 0 bridgehead atoms. The number of fused-ring (bicyclic) bond motifs is 1. The van der Waals surface area contributed by atoms with Crippen molar-refractivity contribution in [2.45, 2.75) is 11.0 Å². The van der Waals surface area contributed by atoms with E-state index in [1.807, 2.05) is 48.2 Å². The Morgan fingerprint density at radius 2 is 1.81 bits per heavy atom. The fraction of sp³-hybridized carbons (Fsp3) is 0.118. The topological polar surface area (TPSA) is 22.1 Å². The van der Waals surface area contributed by atoms with Gasteiger partial charge in [-0.2, -0.15) is 0 Å². The molecule has 4 rings (SSSR count). The molecule has 0 fully saturated rings. The molecule has 21 heavy (non-hydrogen) atoms. The summed E-state index contributed by atoms with van der Waals surface area (Å²) in [5.41, 5.74) is 2.19. The summed E-state index contributed by atoms with van der Waals surface area (Å²) in [5, 5.41) is 3.16. The zero-order valence-electron chi connectivity index (χ0n) is 11.2. The molecule has 4 heteroatoms. The lowest BCUT2D eigenvalue weighted by molar-refractivity contribution is 0.220. The smallest absolute Gasteiger partial charge is 0.159 e. The number of hydrogen-bond donors (Lipinski definition) is 0. The highest BCUT2D eigenvalue weighted by atomic mass is 32.2. The van der Waals surface area contributed by atoms with Crippen LogP contribution in [-0.4, -0.2) is 10.7 Å². The first-order chi connectivity index (χ1) is 10.4. The summed E-state index contributed by atoms with van der Waals surface area (Å²) in [6, 6.07) is 18.5. The maximum Gasteiger partial charge on any atom is 0.159 e. The SMILES string of the molecule is c1ccc(-c2csc(C3CSc4ccccc4O3)n2)cc1. The van der Waals surface area contributed by atoms with E-state index in [-0.39, 0.29) is 6.10 Å². The maximum absolute atomic E-state index is 6.09. The second-order valence-corrected chi connectivity index (χ2v) is 6.75. The monoisotopic (exact) mass is 311 g/mol. The number of para-hydroxylation sites is 1. The third-order valence-electron chi connectivity index (χ3n) is 3.38. The van der Waals surface area contributed by atoms with Gasteiger partial charge in [-0.15, -0.1) is 23.1 Å². The summed E-state index contributed by atoms with van der Waals surface area (Å²) in [4.78, 5) is 5.97. The van der Waals surface area contributed by atoms with E-state index >= 15 is 0 Å². The van der Waals surface area contributed by atoms with Crippen LogP contribution in [0.4, 0.5) is 0 Å². The maximum atomic E-state index is 6.09. The Morgan fingerprint density at radius 3 is 2.71 bits per heavy atom. The average molecular weight is 311 g/mol. The van der Waals surface area contributed by atoms with E-state index < -0.39 is 0 Å². The number of hydrogen-bond acceptors (Lipinski definition) is 4. The average Bonchev–Trinajstić information content (AvgIpc) is 3.05. The molecule has 2 aromatic carbocycles. The molecular weight excluding hydrogens is 298 g/mol. The van der Waals surface area contributed by atoms with Crippen molar-refractivity contribution in [3.8, 4) is 17.0 Å². The first-order valence-corrected chi connectivity index (χ1v) is 8.66. The summed E-state index contributed by atoms with van der Waals surface area (Å²) in [5.74, 6) is 1.88. The van der Waals surface area contributed by atoms with Gasteiger partial charge in [0.05, 0.1) is 5.69 Å². The molecule has 1 aliphatic heterocycles. The number of benzene rings is 2. The molecule has 2 heterocycles. The second kappa shape index (κ2) is 5.54. The van der Waals surface area contributed by atoms with Crippen molar-refractivity contribution in [2.75, 3.05) is 5.75 Å². The minimum absolute atomic E-state index is 0.0485. The minimum atomic E-state index is 0.0485. The third-order valence-corrected chi connectivity index (χ3v) is 5.43. The van der Waals surface area contributed by atoms with E-state index in [4.69, 9.17) is 9.72 Å². The van der Waals surface area contributed by atoms with Gasteiger partial charge in [0.15, 0.2) is 6.10 Å². The van der Waals surface area contributed by atoms with Crippen LogP contribution in [0.2, 0.25) is 0 Å². The van der Waals surface area contributed by atoms with Gasteiger partial charge in [-0.05, 0) is 12.1 Å². The van der Waals surface area contributed by atoms with E-state index in [9.17, 15) is 0 Å². The van der Waals surface area contributed by atoms with Crippen molar-refractivity contribution in [3.05, 3.63) is 65.0 Å². The largest absolute Gasteiger partial charge is 0.481 e. The van der Waals surface area contributed by atoms with Gasteiger partial charge >= 0.3 is 0 Å². The molecule has 1 aliphatic rings. The van der Waals surface area contributed by atoms with Crippen molar-refractivity contribution in [2.24, 2.45) is 0 Å². The molecule has 1 atom stereocenters. The number of nitrogens with zero attached hydrogens (tertiary/aromatic N) is 1. The first-order valence-electron chi connectivity index (χ1n) is 6.79. The van der Waals surface area contributed by atoms with Crippen LogP contribution in [0.25, 0.3) is 11.3 Å². The van der Waals surface area contributed by atoms with Crippen LogP contribution in [0, 0.1) is 0 Å². The Kier molecular flexibility index (Phi) is 3.41. The van der Waals surface area contributed by atoms with Gasteiger partial charge in [-0.3, -0.25) is 0 Å². The molecule has 0 radical (unpaired) electrons. The zero-order valence-corrected chi connectivity index (χ0v) is 12.9. The molecule has 0 saturated carbocycles. The zero-order chi connectivity index (χ0) is 14.1. The molecule has 104 valence electrons. The summed E-state index contributed by atoms with van der Waals surface area (Å²) in [6.07, 6.45) is 0.0485. The van der Waals surface area contributed by atoms with Crippen LogP contribution >= 0.6 is 23.1 Å². The number of thiazole rings is 1. The quantitative estimate of drug-likeness (QED) is 0.662. The van der Waals surface area contributed by atoms with Crippen LogP contribution < -0.4 is 4.74 Å². The fourth-order valence-electron chi connectivity index (χ4n) is 2.32. The van der Waals surface area contributed by atoms with Crippen molar-refractivity contribution in [1.82, 2.24) is 4.98 Å². The molecule has 3 aromatic rings. The molecule has 1 unspecified atom stereocenters. The Balaban J connectivity index is 1.60. The Bertz CT molecular complexity index is 754. The highest BCUT2D eigenvalue weighted by Crippen LogP contribution is 2.41. The molecular formula is C17H13NOS2. The van der Waals surface area contributed by atoms with Crippen LogP contribution in [0.1, 0.15) is 11.1 Å². The molecule has 0 spiro atoms. The minimum Gasteiger partial charge on any atom is -0.481 e. The van der Waals surface area contributed by atoms with Crippen molar-refractivity contribution < 1.29 is 4.74 Å². The van der Waals surface area contributed by atoms with Crippen molar-refractivity contribution >= 4 is 23.1 Å². The normalized spacial score (nSPS) is 17.0. The predicted octanol–water partition coefficient (Wildman–Crippen LogP) is 5.04. The molecule has 0 amide bonds. The van der Waals surface area contributed by atoms with Crippen molar-refractivity contribution in [3.63, 3.8) is 0 Å². The predicted molar refractivity (Wildman–Crippen MR) is 88.1 cm³/mol. The summed E-state index contributed by atoms with van der Waals surface area (Å²) in [7, 11) is 0. The van der Waals surface area contributed by atoms with Gasteiger partial charge in [0.25, 0.3) is 0 Å². The number of aromatic nitrogens is 1. The molecule has 0 aliphatic carbocycles. The van der Waals surface area contributed by atoms with Crippen LogP contribution in [0.15, 0.2) is 64.9 Å². The number of thioether (sulfide) groups is 1. The molecule has 0 N–H and O–H groups in total. The summed E-state index contributed by atoms with van der Waals surface area (Å²) < 4.78 is 6.09. The van der Waals surface area contributed by atoms with Gasteiger partial charge in [-0.25, -0.2) is 4.98 Å². The van der Waals surface area contributed by atoms with E-state index in [2.05, 4.69) is 23.6 Å². The van der Waals surface area contributed by atoms with Crippen LogP contribution in [0.3, 0.4) is 0 Å². The lowest BCUT2D eigenvalue weighted by Crippen LogP contribution is -2.14. The highest BCUT2D eigenvalue weighted by Gasteiger charge is 2.24. The van der Waals surface area contributed by atoms with Gasteiger partial charge in [0.2, 0.25) is 0 Å². The van der Waals surface area contributed by atoms with E-state index in [0.29, 0.717) is 0 Å². The summed E-state index contributed by atoms with van der Waals surface area (Å²) in [6.45, 7) is 0. The van der Waals surface area contributed by atoms with Gasteiger partial charge < -0.3 is 4.74 Å². The lowest BCUT2D eigenvalue weighted by atomic mass is 10.2. The second-order valence-electron chi connectivity index (χ2n) is 4.80. The molecule has 0 saturated heterocycles. The van der Waals surface area contributed by atoms with Crippen LogP contribution in [-0.2, 0) is 0 Å². The van der Waals surface area contributed by atoms with Gasteiger partial charge in [0.1, 0.15) is 10.8 Å². The molecule has 2 nitrogen and oxygen atoms in total. The highest BCUT2D eigenvalue weighted by molar-refractivity contribution is 7.99. The Morgan fingerprint density at radius 1 is 1.00 bits per heavy atom. The standard InChI is InChI=1S/C17H13NOS2/c1-2-6-12(7-3-1)13-10-21-17(18-13)15-11-20-16-9-5-4-8-14(16)19-15/h1-10,15H,11H2. The number of ether oxygens (including phenoxy) is 1. The van der Waals surface area contributed by atoms with E-state index in [1.54, 1.807) is 11.3 Å². The Labute approximate surface area is 131 Å². The first kappa shape index (κ1) is 12.9. The summed E-state index contributed by atoms with van der Waals surface area (Å²) >= 11 is 3.51. The molecule has 1 aromatic heterocycles. The third kappa shape index (κ3) is 2.57. The van der Waals surface area contributed by atoms with E-state index in [1.165, 1.54) is 4.90 Å². The lowest BCUT2D eigenvalue weighted by Gasteiger charge is -2.23. The van der Waals surface area contributed by atoms with Gasteiger partial charge in [-0.1, -0.05) is 42.5 Å². The van der Waals surface area contributed by atoms with Crippen molar-refractivity contribution in [1.29, 1.82) is 0 Å². The van der Waals surface area contributed by atoms with Gasteiger partial charge in [0, 0.05) is 21.6 Å².